The number of nitrogens with zero attached hydrogens (tertiary/aromatic N) is 1. The fourth-order valence-corrected chi connectivity index (χ4v) is 2.07. The van der Waals surface area contributed by atoms with Gasteiger partial charge in [0.1, 0.15) is 0 Å². The van der Waals surface area contributed by atoms with Crippen LogP contribution in [0.2, 0.25) is 0 Å². The summed E-state index contributed by atoms with van der Waals surface area (Å²) in [6.07, 6.45) is 0. The van der Waals surface area contributed by atoms with Crippen LogP contribution < -0.4 is 14.8 Å². The molecule has 25 heavy (non-hydrogen) atoms. The molecule has 1 N–H and O–H groups in total. The maximum atomic E-state index is 12.2. The zero-order valence-corrected chi connectivity index (χ0v) is 15.0. The second-order valence-corrected chi connectivity index (χ2v) is 4.98. The van der Waals surface area contributed by atoms with Crippen molar-refractivity contribution >= 4 is 17.8 Å². The Labute approximate surface area is 147 Å². The molecule has 0 atom stereocenters. The van der Waals surface area contributed by atoms with Gasteiger partial charge in [-0.15, -0.1) is 0 Å². The minimum atomic E-state index is -0.529. The third-order valence-electron chi connectivity index (χ3n) is 3.52. The third-order valence-corrected chi connectivity index (χ3v) is 3.52. The summed E-state index contributed by atoms with van der Waals surface area (Å²) >= 11 is 0. The quantitative estimate of drug-likeness (QED) is 0.662. The molecule has 0 spiro atoms. The Hall–Kier alpha value is -2.77. The van der Waals surface area contributed by atoms with Gasteiger partial charge in [0.15, 0.2) is 18.1 Å². The average molecular weight is 352 g/mol. The van der Waals surface area contributed by atoms with E-state index in [4.69, 9.17) is 9.47 Å². The number of amides is 2. The SMILES string of the molecule is CCN(CC)C(=O)CNC(=O)c1ccc(OCC(=O)OC)c(OC)c1. The minimum absolute atomic E-state index is 0.0799. The number of methoxy groups -OCH3 is 2. The number of nitrogens with one attached hydrogen (secondary N) is 1. The Morgan fingerprint density at radius 2 is 1.76 bits per heavy atom. The van der Waals surface area contributed by atoms with Crippen molar-refractivity contribution in [3.63, 3.8) is 0 Å². The van der Waals surface area contributed by atoms with Crippen LogP contribution in [0.15, 0.2) is 18.2 Å². The van der Waals surface area contributed by atoms with E-state index in [1.807, 2.05) is 13.8 Å². The molecule has 0 heterocycles. The number of ether oxygens (including phenoxy) is 3. The summed E-state index contributed by atoms with van der Waals surface area (Å²) in [5.41, 5.74) is 0.314. The lowest BCUT2D eigenvalue weighted by Crippen LogP contribution is -2.40. The molecule has 2 amide bonds. The highest BCUT2D eigenvalue weighted by atomic mass is 16.6. The van der Waals surface area contributed by atoms with Crippen molar-refractivity contribution in [3.05, 3.63) is 23.8 Å². The molecule has 138 valence electrons. The number of likely N-dealkylation sites (N-methyl/N-ethyl adjacent to an activating group) is 1. The van der Waals surface area contributed by atoms with Crippen LogP contribution in [0.25, 0.3) is 0 Å². The topological polar surface area (TPSA) is 94.2 Å². The fraction of sp³-hybridized carbons (Fsp3) is 0.471. The predicted molar refractivity (Wildman–Crippen MR) is 90.8 cm³/mol. The van der Waals surface area contributed by atoms with Crippen molar-refractivity contribution in [2.75, 3.05) is 40.5 Å². The number of hydrogen-bond donors (Lipinski definition) is 1. The first-order chi connectivity index (χ1) is 12.0. The molecule has 0 radical (unpaired) electrons. The monoisotopic (exact) mass is 352 g/mol. The highest BCUT2D eigenvalue weighted by Crippen LogP contribution is 2.28. The standard InChI is InChI=1S/C17H24N2O6/c1-5-19(6-2)15(20)10-18-17(22)12-7-8-13(14(9-12)23-3)25-11-16(21)24-4/h7-9H,5-6,10-11H2,1-4H3,(H,18,22). The molecule has 0 saturated carbocycles. The molecule has 0 aromatic heterocycles. The number of carbonyl (C=O) groups excluding carboxylic acids is 3. The van der Waals surface area contributed by atoms with Gasteiger partial charge in [0.05, 0.1) is 20.8 Å². The molecule has 8 heteroatoms. The molecule has 1 rings (SSSR count). The van der Waals surface area contributed by atoms with E-state index < -0.39 is 11.9 Å². The van der Waals surface area contributed by atoms with E-state index in [0.29, 0.717) is 30.2 Å². The summed E-state index contributed by atoms with van der Waals surface area (Å²) in [5, 5.41) is 2.58. The summed E-state index contributed by atoms with van der Waals surface area (Å²) in [5.74, 6) is -0.476. The van der Waals surface area contributed by atoms with Gasteiger partial charge in [-0.1, -0.05) is 0 Å². The van der Waals surface area contributed by atoms with Gasteiger partial charge in [-0.3, -0.25) is 9.59 Å². The lowest BCUT2D eigenvalue weighted by molar-refractivity contribution is -0.143. The Bertz CT molecular complexity index is 613. The first-order valence-electron chi connectivity index (χ1n) is 7.90. The van der Waals surface area contributed by atoms with E-state index >= 15 is 0 Å². The first-order valence-corrected chi connectivity index (χ1v) is 7.90. The molecule has 0 fully saturated rings. The molecular weight excluding hydrogens is 328 g/mol. The van der Waals surface area contributed by atoms with Crippen molar-refractivity contribution in [1.82, 2.24) is 10.2 Å². The van der Waals surface area contributed by atoms with Crippen molar-refractivity contribution in [3.8, 4) is 11.5 Å². The van der Waals surface area contributed by atoms with Crippen LogP contribution in [0, 0.1) is 0 Å². The summed E-state index contributed by atoms with van der Waals surface area (Å²) in [6, 6.07) is 4.51. The third kappa shape index (κ3) is 5.98. The Morgan fingerprint density at radius 1 is 1.08 bits per heavy atom. The van der Waals surface area contributed by atoms with Gasteiger partial charge in [0.2, 0.25) is 5.91 Å². The molecule has 0 aliphatic carbocycles. The van der Waals surface area contributed by atoms with Crippen LogP contribution in [0.1, 0.15) is 24.2 Å². The summed E-state index contributed by atoms with van der Waals surface area (Å²) in [6.45, 7) is 4.58. The Kier molecular flexibility index (Phi) is 8.25. The molecule has 0 saturated heterocycles. The minimum Gasteiger partial charge on any atom is -0.493 e. The molecule has 0 aliphatic heterocycles. The van der Waals surface area contributed by atoms with E-state index in [1.165, 1.54) is 32.4 Å². The highest BCUT2D eigenvalue weighted by molar-refractivity contribution is 5.97. The van der Waals surface area contributed by atoms with Gasteiger partial charge >= 0.3 is 5.97 Å². The molecule has 1 aromatic rings. The molecule has 0 unspecified atom stereocenters. The normalized spacial score (nSPS) is 9.92. The van der Waals surface area contributed by atoms with E-state index in [-0.39, 0.29) is 19.1 Å². The largest absolute Gasteiger partial charge is 0.493 e. The van der Waals surface area contributed by atoms with Crippen LogP contribution in [-0.2, 0) is 14.3 Å². The number of rotatable bonds is 9. The maximum Gasteiger partial charge on any atom is 0.343 e. The van der Waals surface area contributed by atoms with E-state index in [9.17, 15) is 14.4 Å². The number of carbonyl (C=O) groups is 3. The zero-order chi connectivity index (χ0) is 18.8. The highest BCUT2D eigenvalue weighted by Gasteiger charge is 2.15. The van der Waals surface area contributed by atoms with Gasteiger partial charge in [-0.2, -0.15) is 0 Å². The fourth-order valence-electron chi connectivity index (χ4n) is 2.07. The van der Waals surface area contributed by atoms with Gasteiger partial charge < -0.3 is 24.4 Å². The van der Waals surface area contributed by atoms with E-state index in [1.54, 1.807) is 4.90 Å². The van der Waals surface area contributed by atoms with Crippen molar-refractivity contribution in [2.24, 2.45) is 0 Å². The second kappa shape index (κ2) is 10.2. The van der Waals surface area contributed by atoms with Crippen LogP contribution in [0.5, 0.6) is 11.5 Å². The lowest BCUT2D eigenvalue weighted by atomic mass is 10.2. The molecule has 1 aromatic carbocycles. The van der Waals surface area contributed by atoms with Crippen molar-refractivity contribution < 1.29 is 28.6 Å². The van der Waals surface area contributed by atoms with E-state index in [2.05, 4.69) is 10.1 Å². The summed E-state index contributed by atoms with van der Waals surface area (Å²) < 4.78 is 14.9. The molecule has 0 bridgehead atoms. The van der Waals surface area contributed by atoms with Crippen LogP contribution in [0.3, 0.4) is 0 Å². The number of benzene rings is 1. The molecular formula is C17H24N2O6. The van der Waals surface area contributed by atoms with Crippen molar-refractivity contribution in [2.45, 2.75) is 13.8 Å². The lowest BCUT2D eigenvalue weighted by Gasteiger charge is -2.18. The van der Waals surface area contributed by atoms with Crippen LogP contribution >= 0.6 is 0 Å². The summed E-state index contributed by atoms with van der Waals surface area (Å²) in [7, 11) is 2.68. The summed E-state index contributed by atoms with van der Waals surface area (Å²) in [4.78, 5) is 36.9. The molecule has 8 nitrogen and oxygen atoms in total. The number of esters is 1. The van der Waals surface area contributed by atoms with Gasteiger partial charge in [0.25, 0.3) is 5.91 Å². The van der Waals surface area contributed by atoms with Gasteiger partial charge in [0, 0.05) is 18.7 Å². The van der Waals surface area contributed by atoms with Gasteiger partial charge in [-0.25, -0.2) is 4.79 Å². The zero-order valence-electron chi connectivity index (χ0n) is 15.0. The van der Waals surface area contributed by atoms with Crippen molar-refractivity contribution in [1.29, 1.82) is 0 Å². The smallest absolute Gasteiger partial charge is 0.343 e. The number of hydrogen-bond acceptors (Lipinski definition) is 6. The molecule has 0 aliphatic rings. The Morgan fingerprint density at radius 3 is 2.32 bits per heavy atom. The van der Waals surface area contributed by atoms with Crippen LogP contribution in [0.4, 0.5) is 0 Å². The first kappa shape index (κ1) is 20.3. The maximum absolute atomic E-state index is 12.2. The predicted octanol–water partition coefficient (Wildman–Crippen LogP) is 0.845. The average Bonchev–Trinajstić information content (AvgIpc) is 2.64. The van der Waals surface area contributed by atoms with Gasteiger partial charge in [-0.05, 0) is 32.0 Å². The van der Waals surface area contributed by atoms with E-state index in [0.717, 1.165) is 0 Å². The Balaban J connectivity index is 2.73. The second-order valence-electron chi connectivity index (χ2n) is 4.98. The van der Waals surface area contributed by atoms with Crippen LogP contribution in [-0.4, -0.2) is 63.1 Å².